The maximum absolute atomic E-state index is 9.23. The Bertz CT molecular complexity index is 333. The van der Waals surface area contributed by atoms with Gasteiger partial charge < -0.3 is 5.11 Å². The Balaban J connectivity index is 2.12. The Morgan fingerprint density at radius 3 is 2.41 bits per heavy atom. The van der Waals surface area contributed by atoms with Gasteiger partial charge in [-0.25, -0.2) is 0 Å². The van der Waals surface area contributed by atoms with Crippen LogP contribution < -0.4 is 0 Å². The van der Waals surface area contributed by atoms with Crippen LogP contribution >= 0.6 is 11.8 Å². The summed E-state index contributed by atoms with van der Waals surface area (Å²) in [6.07, 6.45) is 5.54. The molecule has 0 spiro atoms. The molecule has 0 aromatic heterocycles. The number of nitrogens with zero attached hydrogens (tertiary/aromatic N) is 1. The van der Waals surface area contributed by atoms with Gasteiger partial charge in [0.1, 0.15) is 0 Å². The number of likely N-dealkylation sites (tertiary alicyclic amines) is 1. The van der Waals surface area contributed by atoms with Crippen LogP contribution in [-0.4, -0.2) is 36.0 Å². The van der Waals surface area contributed by atoms with Crippen molar-refractivity contribution in [1.82, 2.24) is 4.90 Å². The highest BCUT2D eigenvalue weighted by Crippen LogP contribution is 2.29. The molecule has 3 heteroatoms. The number of aliphatic hydroxyl groups is 1. The highest BCUT2D eigenvalue weighted by molar-refractivity contribution is 7.98. The fourth-order valence-electron chi connectivity index (χ4n) is 2.56. The van der Waals surface area contributed by atoms with E-state index in [2.05, 4.69) is 35.4 Å². The van der Waals surface area contributed by atoms with Crippen LogP contribution in [0.3, 0.4) is 0 Å². The first kappa shape index (κ1) is 12.9. The molecule has 0 aliphatic carbocycles. The van der Waals surface area contributed by atoms with E-state index in [1.807, 2.05) is 0 Å². The first-order valence-electron chi connectivity index (χ1n) is 6.34. The maximum atomic E-state index is 9.23. The van der Waals surface area contributed by atoms with Crippen LogP contribution in [0.15, 0.2) is 29.2 Å². The Hall–Kier alpha value is -0.510. The van der Waals surface area contributed by atoms with Crippen LogP contribution in [0.2, 0.25) is 0 Å². The van der Waals surface area contributed by atoms with Gasteiger partial charge in [-0.15, -0.1) is 11.8 Å². The molecule has 1 fully saturated rings. The van der Waals surface area contributed by atoms with E-state index in [0.29, 0.717) is 6.04 Å². The van der Waals surface area contributed by atoms with Gasteiger partial charge in [-0.2, -0.15) is 0 Å². The van der Waals surface area contributed by atoms with Crippen LogP contribution in [0.5, 0.6) is 0 Å². The highest BCUT2D eigenvalue weighted by Gasteiger charge is 2.22. The number of benzene rings is 1. The van der Waals surface area contributed by atoms with Crippen molar-refractivity contribution in [3.8, 4) is 0 Å². The van der Waals surface area contributed by atoms with Crippen LogP contribution in [0.1, 0.15) is 30.9 Å². The summed E-state index contributed by atoms with van der Waals surface area (Å²) in [4.78, 5) is 3.81. The fourth-order valence-corrected chi connectivity index (χ4v) is 2.97. The summed E-state index contributed by atoms with van der Waals surface area (Å²) < 4.78 is 0. The van der Waals surface area contributed by atoms with Crippen molar-refractivity contribution in [3.63, 3.8) is 0 Å². The normalized spacial score (nSPS) is 18.5. The number of rotatable bonds is 5. The predicted octanol–water partition coefficient (Wildman–Crippen LogP) is 2.93. The molecule has 0 radical (unpaired) electrons. The van der Waals surface area contributed by atoms with Crippen LogP contribution in [0, 0.1) is 0 Å². The van der Waals surface area contributed by atoms with Crippen molar-refractivity contribution in [1.29, 1.82) is 0 Å². The summed E-state index contributed by atoms with van der Waals surface area (Å²) in [5.41, 5.74) is 1.35. The van der Waals surface area contributed by atoms with Crippen LogP contribution in [-0.2, 0) is 0 Å². The van der Waals surface area contributed by atoms with E-state index in [9.17, 15) is 5.11 Å². The second kappa shape index (κ2) is 6.43. The maximum Gasteiger partial charge on any atom is 0.0449 e. The molecule has 2 nitrogen and oxygen atoms in total. The van der Waals surface area contributed by atoms with Crippen LogP contribution in [0.4, 0.5) is 0 Å². The molecule has 1 aliphatic rings. The van der Waals surface area contributed by atoms with Gasteiger partial charge in [0.25, 0.3) is 0 Å². The summed E-state index contributed by atoms with van der Waals surface area (Å²) in [7, 11) is 0. The van der Waals surface area contributed by atoms with Gasteiger partial charge in [0.05, 0.1) is 0 Å². The van der Waals surface area contributed by atoms with E-state index in [0.717, 1.165) is 6.42 Å². The molecule has 17 heavy (non-hydrogen) atoms. The summed E-state index contributed by atoms with van der Waals surface area (Å²) in [5.74, 6) is 0. The number of aliphatic hydroxyl groups excluding tert-OH is 1. The quantitative estimate of drug-likeness (QED) is 0.814. The molecule has 1 unspecified atom stereocenters. The van der Waals surface area contributed by atoms with Gasteiger partial charge in [0, 0.05) is 17.5 Å². The summed E-state index contributed by atoms with van der Waals surface area (Å²) >= 11 is 1.77. The van der Waals surface area contributed by atoms with E-state index in [4.69, 9.17) is 0 Å². The molecule has 0 saturated carbocycles. The van der Waals surface area contributed by atoms with Gasteiger partial charge in [-0.3, -0.25) is 4.90 Å². The lowest BCUT2D eigenvalue weighted by Crippen LogP contribution is -2.26. The van der Waals surface area contributed by atoms with Crippen molar-refractivity contribution in [2.24, 2.45) is 0 Å². The molecule has 0 amide bonds. The average Bonchev–Trinajstić information content (AvgIpc) is 2.90. The molecule has 1 heterocycles. The largest absolute Gasteiger partial charge is 0.396 e. The third kappa shape index (κ3) is 3.24. The summed E-state index contributed by atoms with van der Waals surface area (Å²) in [5, 5.41) is 9.23. The molecule has 1 saturated heterocycles. The Morgan fingerprint density at radius 2 is 1.88 bits per heavy atom. The molecular weight excluding hydrogens is 230 g/mol. The first-order valence-corrected chi connectivity index (χ1v) is 7.56. The molecule has 2 rings (SSSR count). The lowest BCUT2D eigenvalue weighted by Gasteiger charge is -2.27. The molecule has 1 atom stereocenters. The van der Waals surface area contributed by atoms with E-state index in [-0.39, 0.29) is 6.61 Å². The smallest absolute Gasteiger partial charge is 0.0449 e. The standard InChI is InChI=1S/C14H21NOS/c1-17-13-6-4-12(5-7-13)14(8-11-16)15-9-2-3-10-15/h4-7,14,16H,2-3,8-11H2,1H3. The zero-order chi connectivity index (χ0) is 12.1. The van der Waals surface area contributed by atoms with Gasteiger partial charge in [0.15, 0.2) is 0 Å². The average molecular weight is 251 g/mol. The second-order valence-corrected chi connectivity index (χ2v) is 5.42. The molecule has 1 N–H and O–H groups in total. The van der Waals surface area contributed by atoms with Gasteiger partial charge in [-0.1, -0.05) is 12.1 Å². The van der Waals surface area contributed by atoms with Crippen molar-refractivity contribution in [2.45, 2.75) is 30.2 Å². The monoisotopic (exact) mass is 251 g/mol. The van der Waals surface area contributed by atoms with Crippen molar-refractivity contribution < 1.29 is 5.11 Å². The van der Waals surface area contributed by atoms with E-state index in [1.54, 1.807) is 11.8 Å². The lowest BCUT2D eigenvalue weighted by molar-refractivity contribution is 0.185. The predicted molar refractivity (Wildman–Crippen MR) is 73.5 cm³/mol. The number of hydrogen-bond donors (Lipinski definition) is 1. The number of hydrogen-bond acceptors (Lipinski definition) is 3. The molecule has 1 aromatic rings. The van der Waals surface area contributed by atoms with E-state index < -0.39 is 0 Å². The molecule has 1 aromatic carbocycles. The molecule has 1 aliphatic heterocycles. The summed E-state index contributed by atoms with van der Waals surface area (Å²) in [6.45, 7) is 2.62. The van der Waals surface area contributed by atoms with Gasteiger partial charge in [-0.05, 0) is 56.3 Å². The molecule has 0 bridgehead atoms. The minimum Gasteiger partial charge on any atom is -0.396 e. The first-order chi connectivity index (χ1) is 8.35. The lowest BCUT2D eigenvalue weighted by atomic mass is 10.0. The Kier molecular flexibility index (Phi) is 4.89. The SMILES string of the molecule is CSc1ccc(C(CCO)N2CCCC2)cc1. The van der Waals surface area contributed by atoms with Crippen LogP contribution in [0.25, 0.3) is 0 Å². The van der Waals surface area contributed by atoms with Gasteiger partial charge in [0.2, 0.25) is 0 Å². The topological polar surface area (TPSA) is 23.5 Å². The molecular formula is C14H21NOS. The minimum absolute atomic E-state index is 0.269. The molecule has 94 valence electrons. The fraction of sp³-hybridized carbons (Fsp3) is 0.571. The Labute approximate surface area is 108 Å². The minimum atomic E-state index is 0.269. The van der Waals surface area contributed by atoms with Crippen molar-refractivity contribution >= 4 is 11.8 Å². The number of thioether (sulfide) groups is 1. The zero-order valence-electron chi connectivity index (χ0n) is 10.4. The van der Waals surface area contributed by atoms with E-state index >= 15 is 0 Å². The van der Waals surface area contributed by atoms with Crippen molar-refractivity contribution in [2.75, 3.05) is 26.0 Å². The van der Waals surface area contributed by atoms with Gasteiger partial charge >= 0.3 is 0 Å². The highest BCUT2D eigenvalue weighted by atomic mass is 32.2. The van der Waals surface area contributed by atoms with E-state index in [1.165, 1.54) is 36.4 Å². The summed E-state index contributed by atoms with van der Waals surface area (Å²) in [6, 6.07) is 9.19. The Morgan fingerprint density at radius 1 is 1.24 bits per heavy atom. The zero-order valence-corrected chi connectivity index (χ0v) is 11.2. The third-order valence-electron chi connectivity index (χ3n) is 3.48. The second-order valence-electron chi connectivity index (χ2n) is 4.54. The third-order valence-corrected chi connectivity index (χ3v) is 4.23. The van der Waals surface area contributed by atoms with Crippen molar-refractivity contribution in [3.05, 3.63) is 29.8 Å².